The zero-order valence-electron chi connectivity index (χ0n) is 12.3. The van der Waals surface area contributed by atoms with Gasteiger partial charge < -0.3 is 5.32 Å². The Morgan fingerprint density at radius 1 is 1.00 bits per heavy atom. The van der Waals surface area contributed by atoms with Crippen molar-refractivity contribution in [2.45, 2.75) is 17.8 Å². The van der Waals surface area contributed by atoms with Crippen molar-refractivity contribution >= 4 is 34.0 Å². The summed E-state index contributed by atoms with van der Waals surface area (Å²) in [5.74, 6) is 0.333. The van der Waals surface area contributed by atoms with Gasteiger partial charge >= 0.3 is 0 Å². The molecule has 23 heavy (non-hydrogen) atoms. The van der Waals surface area contributed by atoms with Crippen molar-refractivity contribution in [2.75, 3.05) is 5.32 Å². The topological polar surface area (TPSA) is 29.1 Å². The third-order valence-corrected chi connectivity index (χ3v) is 5.49. The fraction of sp³-hybridized carbons (Fsp3) is 0.150. The number of anilines is 1. The normalized spacial score (nSPS) is 24.7. The molecule has 3 aromatic rings. The highest BCUT2D eigenvalue weighted by atomic mass is 35.5. The maximum absolute atomic E-state index is 12.6. The van der Waals surface area contributed by atoms with Gasteiger partial charge in [0.15, 0.2) is 0 Å². The molecule has 2 nitrogen and oxygen atoms in total. The lowest BCUT2D eigenvalue weighted by Gasteiger charge is -2.10. The summed E-state index contributed by atoms with van der Waals surface area (Å²) in [6.45, 7) is 0. The Balaban J connectivity index is 1.62. The van der Waals surface area contributed by atoms with Crippen molar-refractivity contribution in [3.05, 3.63) is 76.8 Å². The Labute approximate surface area is 139 Å². The molecule has 3 aromatic carbocycles. The second-order valence-corrected chi connectivity index (χ2v) is 6.92. The third-order valence-electron chi connectivity index (χ3n) is 5.25. The minimum absolute atomic E-state index is 0.105. The highest BCUT2D eigenvalue weighted by Crippen LogP contribution is 2.65. The van der Waals surface area contributed by atoms with E-state index in [4.69, 9.17) is 11.6 Å². The van der Waals surface area contributed by atoms with Gasteiger partial charge in [0.2, 0.25) is 5.91 Å². The second-order valence-electron chi connectivity index (χ2n) is 6.48. The van der Waals surface area contributed by atoms with Crippen molar-refractivity contribution in [3.8, 4) is 0 Å². The average Bonchev–Trinajstić information content (AvgIpc) is 3.26. The second kappa shape index (κ2) is 4.36. The molecule has 2 atom stereocenters. The SMILES string of the molecule is O=C1Nc2ccc(Cl)cc2[C@@]12C[C@@H]2c1ccc2ccccc2c1. The summed E-state index contributed by atoms with van der Waals surface area (Å²) in [7, 11) is 0. The average molecular weight is 320 g/mol. The van der Waals surface area contributed by atoms with Crippen LogP contribution in [0.3, 0.4) is 0 Å². The van der Waals surface area contributed by atoms with E-state index in [9.17, 15) is 4.79 Å². The van der Waals surface area contributed by atoms with E-state index in [0.29, 0.717) is 5.02 Å². The number of carbonyl (C=O) groups is 1. The highest BCUT2D eigenvalue weighted by Gasteiger charge is 2.65. The van der Waals surface area contributed by atoms with E-state index >= 15 is 0 Å². The highest BCUT2D eigenvalue weighted by molar-refractivity contribution is 6.31. The number of hydrogen-bond donors (Lipinski definition) is 1. The molecule has 1 saturated carbocycles. The maximum Gasteiger partial charge on any atom is 0.235 e. The van der Waals surface area contributed by atoms with Crippen LogP contribution in [0.15, 0.2) is 60.7 Å². The maximum atomic E-state index is 12.6. The smallest absolute Gasteiger partial charge is 0.235 e. The number of amides is 1. The number of nitrogens with one attached hydrogen (secondary N) is 1. The minimum Gasteiger partial charge on any atom is -0.325 e. The van der Waals surface area contributed by atoms with Gasteiger partial charge in [0, 0.05) is 16.6 Å². The number of benzene rings is 3. The van der Waals surface area contributed by atoms with E-state index in [1.54, 1.807) is 0 Å². The molecule has 1 amide bonds. The van der Waals surface area contributed by atoms with E-state index < -0.39 is 5.41 Å². The number of fused-ring (bicyclic) bond motifs is 3. The summed E-state index contributed by atoms with van der Waals surface area (Å²) >= 11 is 6.16. The first-order valence-electron chi connectivity index (χ1n) is 7.79. The monoisotopic (exact) mass is 319 g/mol. The van der Waals surface area contributed by atoms with Gasteiger partial charge in [-0.1, -0.05) is 54.1 Å². The van der Waals surface area contributed by atoms with E-state index in [1.807, 2.05) is 30.3 Å². The van der Waals surface area contributed by atoms with Crippen LogP contribution in [0.5, 0.6) is 0 Å². The van der Waals surface area contributed by atoms with Crippen molar-refractivity contribution in [2.24, 2.45) is 0 Å². The Bertz CT molecular complexity index is 980. The Kier molecular flexibility index (Phi) is 2.49. The van der Waals surface area contributed by atoms with Crippen LogP contribution < -0.4 is 5.32 Å². The first-order valence-corrected chi connectivity index (χ1v) is 8.16. The van der Waals surface area contributed by atoms with Crippen molar-refractivity contribution in [1.82, 2.24) is 0 Å². The van der Waals surface area contributed by atoms with Gasteiger partial charge in [-0.15, -0.1) is 0 Å². The van der Waals surface area contributed by atoms with Crippen LogP contribution in [0.4, 0.5) is 5.69 Å². The fourth-order valence-corrected chi connectivity index (χ4v) is 4.16. The first kappa shape index (κ1) is 13.1. The largest absolute Gasteiger partial charge is 0.325 e. The van der Waals surface area contributed by atoms with Crippen molar-refractivity contribution in [3.63, 3.8) is 0 Å². The van der Waals surface area contributed by atoms with Gasteiger partial charge in [-0.05, 0) is 46.5 Å². The first-order chi connectivity index (χ1) is 11.2. The van der Waals surface area contributed by atoms with Crippen LogP contribution in [-0.4, -0.2) is 5.91 Å². The predicted molar refractivity (Wildman–Crippen MR) is 93.1 cm³/mol. The zero-order valence-corrected chi connectivity index (χ0v) is 13.1. The van der Waals surface area contributed by atoms with Crippen LogP contribution in [0.1, 0.15) is 23.5 Å². The molecule has 2 aliphatic rings. The Morgan fingerprint density at radius 3 is 2.70 bits per heavy atom. The zero-order chi connectivity index (χ0) is 15.6. The molecule has 0 aromatic heterocycles. The lowest BCUT2D eigenvalue weighted by molar-refractivity contribution is -0.118. The Hall–Kier alpha value is -2.32. The van der Waals surface area contributed by atoms with Crippen LogP contribution in [0.25, 0.3) is 10.8 Å². The predicted octanol–water partition coefficient (Wildman–Crippen LogP) is 4.87. The summed E-state index contributed by atoms with van der Waals surface area (Å²) in [5.41, 5.74) is 2.76. The van der Waals surface area contributed by atoms with E-state index in [2.05, 4.69) is 35.6 Å². The van der Waals surface area contributed by atoms with Crippen molar-refractivity contribution < 1.29 is 4.79 Å². The molecule has 5 rings (SSSR count). The van der Waals surface area contributed by atoms with Gasteiger partial charge in [-0.2, -0.15) is 0 Å². The molecule has 1 fully saturated rings. The molecule has 1 spiro atoms. The van der Waals surface area contributed by atoms with Crippen LogP contribution in [0, 0.1) is 0 Å². The molecule has 112 valence electrons. The van der Waals surface area contributed by atoms with Crippen LogP contribution in [-0.2, 0) is 10.2 Å². The number of carbonyl (C=O) groups excluding carboxylic acids is 1. The summed E-state index contributed by atoms with van der Waals surface area (Å²) in [5, 5.41) is 6.15. The molecule has 1 N–H and O–H groups in total. The molecular formula is C20H14ClNO. The summed E-state index contributed by atoms with van der Waals surface area (Å²) < 4.78 is 0. The van der Waals surface area contributed by atoms with Gasteiger partial charge in [0.25, 0.3) is 0 Å². The van der Waals surface area contributed by atoms with Crippen LogP contribution in [0.2, 0.25) is 5.02 Å². The van der Waals surface area contributed by atoms with Crippen molar-refractivity contribution in [1.29, 1.82) is 0 Å². The molecule has 0 bridgehead atoms. The third kappa shape index (κ3) is 1.73. The fourth-order valence-electron chi connectivity index (χ4n) is 3.99. The molecule has 0 unspecified atom stereocenters. The summed E-state index contributed by atoms with van der Waals surface area (Å²) in [6.07, 6.45) is 0.852. The molecule has 0 saturated heterocycles. The van der Waals surface area contributed by atoms with E-state index in [-0.39, 0.29) is 11.8 Å². The summed E-state index contributed by atoms with van der Waals surface area (Å²) in [6, 6.07) is 20.5. The quantitative estimate of drug-likeness (QED) is 0.681. The number of hydrogen-bond acceptors (Lipinski definition) is 1. The lowest BCUT2D eigenvalue weighted by atomic mass is 9.91. The molecule has 3 heteroatoms. The molecular weight excluding hydrogens is 306 g/mol. The van der Waals surface area contributed by atoms with Gasteiger partial charge in [0.1, 0.15) is 0 Å². The minimum atomic E-state index is -0.428. The number of rotatable bonds is 1. The molecule has 1 aliphatic carbocycles. The summed E-state index contributed by atoms with van der Waals surface area (Å²) in [4.78, 5) is 12.6. The van der Waals surface area contributed by atoms with E-state index in [1.165, 1.54) is 16.3 Å². The molecule has 1 heterocycles. The standard InChI is InChI=1S/C20H14ClNO/c21-15-7-8-18-16(10-15)20(19(23)22-18)11-17(20)14-6-5-12-3-1-2-4-13(12)9-14/h1-10,17H,11H2,(H,22,23)/t17-,20-/m1/s1. The number of halogens is 1. The van der Waals surface area contributed by atoms with Crippen LogP contribution >= 0.6 is 11.6 Å². The lowest BCUT2D eigenvalue weighted by Crippen LogP contribution is -2.20. The van der Waals surface area contributed by atoms with Gasteiger partial charge in [0.05, 0.1) is 5.41 Å². The molecule has 0 radical (unpaired) electrons. The van der Waals surface area contributed by atoms with E-state index in [0.717, 1.165) is 17.7 Å². The molecule has 1 aliphatic heterocycles. The van der Waals surface area contributed by atoms with Gasteiger partial charge in [-0.3, -0.25) is 4.79 Å². The van der Waals surface area contributed by atoms with Gasteiger partial charge in [-0.25, -0.2) is 0 Å². The Morgan fingerprint density at radius 2 is 1.83 bits per heavy atom.